The Kier molecular flexibility index (Phi) is 4.11. The van der Waals surface area contributed by atoms with Gasteiger partial charge in [-0.25, -0.2) is 0 Å². The summed E-state index contributed by atoms with van der Waals surface area (Å²) in [5, 5.41) is 10.7. The minimum absolute atomic E-state index is 0.0107. The maximum atomic E-state index is 12.4. The Morgan fingerprint density at radius 1 is 1.42 bits per heavy atom. The number of amides is 1. The summed E-state index contributed by atoms with van der Waals surface area (Å²) in [5.74, 6) is -0.612. The lowest BCUT2D eigenvalue weighted by atomic mass is 9.94. The molecule has 1 aromatic rings. The van der Waals surface area contributed by atoms with Crippen LogP contribution in [0.4, 0.5) is 17.1 Å². The van der Waals surface area contributed by atoms with E-state index in [1.54, 1.807) is 43.3 Å². The van der Waals surface area contributed by atoms with Crippen molar-refractivity contribution in [3.63, 3.8) is 0 Å². The van der Waals surface area contributed by atoms with Gasteiger partial charge in [-0.15, -0.1) is 0 Å². The molecule has 1 atom stereocenters. The molecule has 3 rings (SSSR count). The number of allylic oxidation sites excluding steroid dienone is 1. The number of hydrazine groups is 1. The van der Waals surface area contributed by atoms with Crippen molar-refractivity contribution >= 4 is 40.5 Å². The number of ketones is 1. The predicted octanol–water partition coefficient (Wildman–Crippen LogP) is 1.20. The highest BCUT2D eigenvalue weighted by molar-refractivity contribution is 6.22. The lowest BCUT2D eigenvalue weighted by molar-refractivity contribution is -0.124. The first-order valence-electron chi connectivity index (χ1n) is 7.86. The summed E-state index contributed by atoms with van der Waals surface area (Å²) in [6, 6.07) is 2.79. The molecule has 0 aliphatic carbocycles. The summed E-state index contributed by atoms with van der Waals surface area (Å²) in [4.78, 5) is 29.0. The van der Waals surface area contributed by atoms with Crippen molar-refractivity contribution in [1.82, 2.24) is 5.43 Å². The molecule has 1 amide bonds. The largest absolute Gasteiger partial charge is 0.397 e. The average Bonchev–Trinajstić information content (AvgIpc) is 2.97. The fraction of sp³-hybridized carbons (Fsp3) is 0.353. The van der Waals surface area contributed by atoms with E-state index in [9.17, 15) is 9.59 Å². The lowest BCUT2D eigenvalue weighted by Crippen LogP contribution is -2.54. The van der Waals surface area contributed by atoms with Crippen LogP contribution in [0.25, 0.3) is 5.57 Å². The third kappa shape index (κ3) is 2.56. The van der Waals surface area contributed by atoms with Crippen LogP contribution in [0.1, 0.15) is 25.8 Å². The minimum atomic E-state index is -0.691. The molecule has 0 bridgehead atoms. The van der Waals surface area contributed by atoms with Crippen LogP contribution in [0.3, 0.4) is 0 Å². The van der Waals surface area contributed by atoms with Crippen molar-refractivity contribution in [2.45, 2.75) is 26.3 Å². The molecule has 7 heteroatoms. The number of aliphatic imine (C=N–C) groups is 1. The van der Waals surface area contributed by atoms with Gasteiger partial charge in [0.1, 0.15) is 6.04 Å². The molecule has 2 aliphatic rings. The molecule has 2 aliphatic heterocycles. The van der Waals surface area contributed by atoms with Crippen molar-refractivity contribution in [3.8, 4) is 0 Å². The number of rotatable bonds is 5. The second-order valence-corrected chi connectivity index (χ2v) is 6.16. The van der Waals surface area contributed by atoms with Crippen molar-refractivity contribution in [2.24, 2.45) is 10.9 Å². The van der Waals surface area contributed by atoms with Gasteiger partial charge in [-0.3, -0.25) is 25.0 Å². The van der Waals surface area contributed by atoms with Gasteiger partial charge in [0, 0.05) is 29.7 Å². The first-order valence-corrected chi connectivity index (χ1v) is 7.86. The van der Waals surface area contributed by atoms with Crippen LogP contribution in [-0.2, 0) is 9.59 Å². The molecule has 24 heavy (non-hydrogen) atoms. The van der Waals surface area contributed by atoms with E-state index in [-0.39, 0.29) is 30.6 Å². The topological polar surface area (TPSA) is 108 Å². The Labute approximate surface area is 139 Å². The smallest absolute Gasteiger partial charge is 0.241 e. The van der Waals surface area contributed by atoms with E-state index >= 15 is 0 Å². The molecule has 0 saturated carbocycles. The quantitative estimate of drug-likeness (QED) is 0.704. The fourth-order valence-corrected chi connectivity index (χ4v) is 2.81. The van der Waals surface area contributed by atoms with E-state index in [1.165, 1.54) is 0 Å². The number of carbonyl (C=O) groups excluding carboxylic acids is 2. The third-order valence-corrected chi connectivity index (χ3v) is 4.13. The molecule has 0 spiro atoms. The maximum absolute atomic E-state index is 12.4. The normalized spacial score (nSPS) is 17.8. The Bertz CT molecular complexity index is 767. The number of hydrogen-bond acceptors (Lipinski definition) is 6. The summed E-state index contributed by atoms with van der Waals surface area (Å²) in [6.07, 6.45) is 3.43. The molecule has 0 radical (unpaired) electrons. The number of aliphatic hydroxyl groups excluding tert-OH is 1. The minimum Gasteiger partial charge on any atom is -0.397 e. The van der Waals surface area contributed by atoms with Crippen LogP contribution in [0.2, 0.25) is 0 Å². The molecule has 0 aromatic heterocycles. The standard InChI is InChI=1S/C17H20N4O3/c1-9(2)17(24)20-21-12-4-3-11(18)16-15(12)10(8-19-16)7-13(21)14(23)5-6-22/h3-4,7-9,13,22H,5-6,18H2,1-2H3,(H,20,24). The van der Waals surface area contributed by atoms with Crippen LogP contribution >= 0.6 is 0 Å². The molecule has 0 saturated heterocycles. The SMILES string of the molecule is CC(C)C(=O)NN1c2ccc(N)c3c2C(=CC1C(=O)CCO)C=N3. The van der Waals surface area contributed by atoms with Gasteiger partial charge in [0.15, 0.2) is 5.78 Å². The van der Waals surface area contributed by atoms with E-state index in [4.69, 9.17) is 10.8 Å². The van der Waals surface area contributed by atoms with Crippen LogP contribution in [0, 0.1) is 5.92 Å². The first-order chi connectivity index (χ1) is 11.4. The molecule has 2 heterocycles. The number of hydrogen-bond donors (Lipinski definition) is 3. The van der Waals surface area contributed by atoms with E-state index < -0.39 is 6.04 Å². The summed E-state index contributed by atoms with van der Waals surface area (Å²) < 4.78 is 0. The van der Waals surface area contributed by atoms with Crippen molar-refractivity contribution in [2.75, 3.05) is 17.3 Å². The van der Waals surface area contributed by atoms with Crippen molar-refractivity contribution in [3.05, 3.63) is 23.8 Å². The molecule has 4 N–H and O–H groups in total. The van der Waals surface area contributed by atoms with Crippen molar-refractivity contribution in [1.29, 1.82) is 0 Å². The number of anilines is 2. The number of nitrogen functional groups attached to an aromatic ring is 1. The monoisotopic (exact) mass is 328 g/mol. The summed E-state index contributed by atoms with van der Waals surface area (Å²) >= 11 is 0. The molecule has 7 nitrogen and oxygen atoms in total. The highest BCUT2D eigenvalue weighted by Crippen LogP contribution is 2.45. The Morgan fingerprint density at radius 3 is 2.83 bits per heavy atom. The number of nitrogens with two attached hydrogens (primary N) is 1. The van der Waals surface area contributed by atoms with E-state index in [2.05, 4.69) is 10.4 Å². The number of Topliss-reactive ketones (excluding diaryl/α,β-unsaturated/α-hetero) is 1. The van der Waals surface area contributed by atoms with Gasteiger partial charge in [0.2, 0.25) is 5.91 Å². The average molecular weight is 328 g/mol. The van der Waals surface area contributed by atoms with E-state index in [0.717, 1.165) is 11.1 Å². The first kappa shape index (κ1) is 16.2. The second-order valence-electron chi connectivity index (χ2n) is 6.16. The summed E-state index contributed by atoms with van der Waals surface area (Å²) in [5.41, 5.74) is 12.3. The molecule has 1 unspecified atom stereocenters. The second kappa shape index (κ2) is 6.09. The van der Waals surface area contributed by atoms with Gasteiger partial charge >= 0.3 is 0 Å². The number of benzene rings is 1. The molecular weight excluding hydrogens is 308 g/mol. The van der Waals surface area contributed by atoms with Gasteiger partial charge in [0.25, 0.3) is 0 Å². The third-order valence-electron chi connectivity index (χ3n) is 4.13. The van der Waals surface area contributed by atoms with Gasteiger partial charge in [0.05, 0.1) is 23.7 Å². The zero-order valence-corrected chi connectivity index (χ0v) is 13.6. The molecule has 126 valence electrons. The Balaban J connectivity index is 2.08. The van der Waals surface area contributed by atoms with Crippen LogP contribution in [0.5, 0.6) is 0 Å². The van der Waals surface area contributed by atoms with E-state index in [0.29, 0.717) is 17.1 Å². The van der Waals surface area contributed by atoms with Crippen LogP contribution < -0.4 is 16.2 Å². The Hall–Kier alpha value is -2.67. The van der Waals surface area contributed by atoms with Crippen LogP contribution in [0.15, 0.2) is 23.2 Å². The van der Waals surface area contributed by atoms with Gasteiger partial charge in [-0.05, 0) is 18.2 Å². The highest BCUT2D eigenvalue weighted by atomic mass is 16.3. The molecule has 1 aromatic carbocycles. The maximum Gasteiger partial charge on any atom is 0.241 e. The lowest BCUT2D eigenvalue weighted by Gasteiger charge is -2.36. The number of nitrogens with one attached hydrogen (secondary N) is 1. The highest BCUT2D eigenvalue weighted by Gasteiger charge is 2.35. The van der Waals surface area contributed by atoms with Gasteiger partial charge in [-0.1, -0.05) is 13.8 Å². The Morgan fingerprint density at radius 2 is 2.17 bits per heavy atom. The van der Waals surface area contributed by atoms with Gasteiger partial charge < -0.3 is 10.8 Å². The number of nitrogens with zero attached hydrogens (tertiary/aromatic N) is 2. The molecular formula is C17H20N4O3. The number of carbonyl (C=O) groups is 2. The van der Waals surface area contributed by atoms with Crippen molar-refractivity contribution < 1.29 is 14.7 Å². The van der Waals surface area contributed by atoms with Crippen LogP contribution in [-0.4, -0.2) is 35.7 Å². The number of aliphatic hydroxyl groups is 1. The van der Waals surface area contributed by atoms with Gasteiger partial charge in [-0.2, -0.15) is 0 Å². The van der Waals surface area contributed by atoms with E-state index in [1.807, 2.05) is 0 Å². The summed E-state index contributed by atoms with van der Waals surface area (Å²) in [7, 11) is 0. The predicted molar refractivity (Wildman–Crippen MR) is 92.9 cm³/mol. The summed E-state index contributed by atoms with van der Waals surface area (Å²) in [6.45, 7) is 3.32. The zero-order valence-electron chi connectivity index (χ0n) is 13.6. The zero-order chi connectivity index (χ0) is 17.4. The molecule has 0 fully saturated rings. The fourth-order valence-electron chi connectivity index (χ4n) is 2.81.